The van der Waals surface area contributed by atoms with E-state index >= 15 is 0 Å². The predicted molar refractivity (Wildman–Crippen MR) is 76.4 cm³/mol. The van der Waals surface area contributed by atoms with Crippen LogP contribution in [0.1, 0.15) is 5.56 Å². The molecule has 2 aliphatic rings. The lowest BCUT2D eigenvalue weighted by Gasteiger charge is -2.25. The molecule has 1 amide bonds. The van der Waals surface area contributed by atoms with Crippen LogP contribution in [0.15, 0.2) is 35.5 Å². The van der Waals surface area contributed by atoms with Crippen LogP contribution in [-0.2, 0) is 11.2 Å². The molecule has 3 nitrogen and oxygen atoms in total. The molecule has 20 heavy (non-hydrogen) atoms. The highest BCUT2D eigenvalue weighted by atomic mass is 32.2. The van der Waals surface area contributed by atoms with E-state index in [1.807, 2.05) is 11.0 Å². The van der Waals surface area contributed by atoms with Gasteiger partial charge in [0.2, 0.25) is 5.91 Å². The molecular weight excluding hydrogens is 275 g/mol. The van der Waals surface area contributed by atoms with Crippen LogP contribution >= 0.6 is 11.8 Å². The Kier molecular flexibility index (Phi) is 2.57. The van der Waals surface area contributed by atoms with E-state index in [0.717, 1.165) is 34.7 Å². The molecule has 0 N–H and O–H groups in total. The van der Waals surface area contributed by atoms with Crippen LogP contribution in [-0.4, -0.2) is 23.2 Å². The Morgan fingerprint density at radius 2 is 2.10 bits per heavy atom. The molecule has 4 rings (SSSR count). The molecule has 0 aliphatic carbocycles. The maximum absolute atomic E-state index is 13.3. The van der Waals surface area contributed by atoms with Gasteiger partial charge in [-0.05, 0) is 35.7 Å². The van der Waals surface area contributed by atoms with Crippen molar-refractivity contribution >= 4 is 23.4 Å². The van der Waals surface area contributed by atoms with Crippen molar-refractivity contribution in [3.8, 4) is 11.1 Å². The topological polar surface area (TPSA) is 33.2 Å². The molecule has 2 aliphatic heterocycles. The van der Waals surface area contributed by atoms with E-state index in [1.54, 1.807) is 18.0 Å². The number of benzene rings is 1. The number of carbonyl (C=O) groups is 1. The summed E-state index contributed by atoms with van der Waals surface area (Å²) in [6.45, 7) is 0.757. The van der Waals surface area contributed by atoms with Crippen LogP contribution in [0.5, 0.6) is 0 Å². The standard InChI is InChI=1S/C15H11FN2OS/c16-12-4-11(6-17-7-12)10-3-9-1-2-18-14(19)8-20-13(5-10)15(9)18/h3-7H,1-2,8H2. The van der Waals surface area contributed by atoms with Gasteiger partial charge in [-0.1, -0.05) is 0 Å². The molecule has 0 radical (unpaired) electrons. The van der Waals surface area contributed by atoms with E-state index in [-0.39, 0.29) is 11.7 Å². The zero-order chi connectivity index (χ0) is 13.7. The van der Waals surface area contributed by atoms with Crippen LogP contribution in [0.3, 0.4) is 0 Å². The first-order valence-electron chi connectivity index (χ1n) is 6.43. The van der Waals surface area contributed by atoms with E-state index in [2.05, 4.69) is 11.1 Å². The van der Waals surface area contributed by atoms with Crippen molar-refractivity contribution in [2.75, 3.05) is 17.2 Å². The Hall–Kier alpha value is -1.88. The van der Waals surface area contributed by atoms with Gasteiger partial charge in [0.1, 0.15) is 5.82 Å². The van der Waals surface area contributed by atoms with Gasteiger partial charge in [0.25, 0.3) is 0 Å². The first-order valence-corrected chi connectivity index (χ1v) is 7.42. The number of aromatic nitrogens is 1. The van der Waals surface area contributed by atoms with Gasteiger partial charge in [0, 0.05) is 23.2 Å². The summed E-state index contributed by atoms with van der Waals surface area (Å²) in [6, 6.07) is 5.58. The Morgan fingerprint density at radius 1 is 1.20 bits per heavy atom. The second kappa shape index (κ2) is 4.31. The van der Waals surface area contributed by atoms with Crippen LogP contribution < -0.4 is 4.90 Å². The average molecular weight is 286 g/mol. The molecule has 5 heteroatoms. The third-order valence-corrected chi connectivity index (χ3v) is 4.73. The minimum atomic E-state index is -0.332. The molecule has 0 fully saturated rings. The third kappa shape index (κ3) is 1.73. The highest BCUT2D eigenvalue weighted by Crippen LogP contribution is 2.44. The number of anilines is 1. The van der Waals surface area contributed by atoms with Gasteiger partial charge in [0.15, 0.2) is 0 Å². The van der Waals surface area contributed by atoms with Crippen molar-refractivity contribution in [3.63, 3.8) is 0 Å². The van der Waals surface area contributed by atoms with E-state index < -0.39 is 0 Å². The van der Waals surface area contributed by atoms with Gasteiger partial charge >= 0.3 is 0 Å². The lowest BCUT2D eigenvalue weighted by molar-refractivity contribution is -0.116. The van der Waals surface area contributed by atoms with Crippen molar-refractivity contribution in [2.24, 2.45) is 0 Å². The predicted octanol–water partition coefficient (Wildman–Crippen LogP) is 2.88. The lowest BCUT2D eigenvalue weighted by Crippen LogP contribution is -2.33. The van der Waals surface area contributed by atoms with Crippen LogP contribution in [0.25, 0.3) is 11.1 Å². The number of hydrogen-bond donors (Lipinski definition) is 0. The number of pyridine rings is 1. The zero-order valence-corrected chi connectivity index (χ0v) is 11.4. The summed E-state index contributed by atoms with van der Waals surface area (Å²) in [4.78, 5) is 18.8. The molecule has 3 heterocycles. The maximum atomic E-state index is 13.3. The highest BCUT2D eigenvalue weighted by molar-refractivity contribution is 8.00. The minimum Gasteiger partial charge on any atom is -0.310 e. The molecule has 0 atom stereocenters. The molecule has 100 valence electrons. The second-order valence-corrected chi connectivity index (χ2v) is 5.98. The molecule has 0 saturated heterocycles. The largest absolute Gasteiger partial charge is 0.310 e. The Labute approximate surface area is 119 Å². The van der Waals surface area contributed by atoms with Crippen LogP contribution in [0.2, 0.25) is 0 Å². The third-order valence-electron chi connectivity index (χ3n) is 3.72. The van der Waals surface area contributed by atoms with Crippen LogP contribution in [0.4, 0.5) is 10.1 Å². The van der Waals surface area contributed by atoms with Crippen LogP contribution in [0, 0.1) is 5.82 Å². The minimum absolute atomic E-state index is 0.182. The summed E-state index contributed by atoms with van der Waals surface area (Å²) in [5, 5.41) is 0. The van der Waals surface area contributed by atoms with Crippen molar-refractivity contribution in [1.29, 1.82) is 0 Å². The lowest BCUT2D eigenvalue weighted by atomic mass is 10.0. The number of hydrogen-bond acceptors (Lipinski definition) is 3. The molecule has 0 saturated carbocycles. The summed E-state index contributed by atoms with van der Waals surface area (Å²) < 4.78 is 13.3. The molecule has 0 bridgehead atoms. The first kappa shape index (κ1) is 11.9. The van der Waals surface area contributed by atoms with Crippen molar-refractivity contribution < 1.29 is 9.18 Å². The van der Waals surface area contributed by atoms with Gasteiger partial charge in [-0.15, -0.1) is 11.8 Å². The zero-order valence-electron chi connectivity index (χ0n) is 10.6. The molecule has 0 spiro atoms. The molecular formula is C15H11FN2OS. The number of halogens is 1. The van der Waals surface area contributed by atoms with Gasteiger partial charge in [-0.3, -0.25) is 9.78 Å². The summed E-state index contributed by atoms with van der Waals surface area (Å²) in [5.41, 5.74) is 3.97. The summed E-state index contributed by atoms with van der Waals surface area (Å²) in [7, 11) is 0. The van der Waals surface area contributed by atoms with Crippen molar-refractivity contribution in [1.82, 2.24) is 4.98 Å². The number of thioether (sulfide) groups is 1. The summed E-state index contributed by atoms with van der Waals surface area (Å²) in [5.74, 6) is 0.333. The normalized spacial score (nSPS) is 16.4. The number of rotatable bonds is 1. The van der Waals surface area contributed by atoms with E-state index in [1.165, 1.54) is 17.8 Å². The fraction of sp³-hybridized carbons (Fsp3) is 0.200. The van der Waals surface area contributed by atoms with Crippen molar-refractivity contribution in [3.05, 3.63) is 42.0 Å². The van der Waals surface area contributed by atoms with Gasteiger partial charge in [-0.2, -0.15) is 0 Å². The molecule has 0 unspecified atom stereocenters. The quantitative estimate of drug-likeness (QED) is 0.808. The molecule has 2 aromatic rings. The fourth-order valence-corrected chi connectivity index (χ4v) is 3.84. The fourth-order valence-electron chi connectivity index (χ4n) is 2.82. The summed E-state index contributed by atoms with van der Waals surface area (Å²) >= 11 is 1.56. The summed E-state index contributed by atoms with van der Waals surface area (Å²) in [6.07, 6.45) is 3.74. The Balaban J connectivity index is 1.87. The number of amides is 1. The van der Waals surface area contributed by atoms with E-state index in [4.69, 9.17) is 0 Å². The number of nitrogens with zero attached hydrogens (tertiary/aromatic N) is 2. The SMILES string of the molecule is O=C1CSc2cc(-c3cncc(F)c3)cc3c2N1CC3. The van der Waals surface area contributed by atoms with E-state index in [0.29, 0.717) is 5.75 Å². The van der Waals surface area contributed by atoms with Gasteiger partial charge < -0.3 is 4.90 Å². The maximum Gasteiger partial charge on any atom is 0.237 e. The Morgan fingerprint density at radius 3 is 2.95 bits per heavy atom. The number of carbonyl (C=O) groups excluding carboxylic acids is 1. The average Bonchev–Trinajstić information content (AvgIpc) is 2.88. The van der Waals surface area contributed by atoms with Gasteiger partial charge in [-0.25, -0.2) is 4.39 Å². The first-order chi connectivity index (χ1) is 9.72. The molecule has 1 aromatic heterocycles. The monoisotopic (exact) mass is 286 g/mol. The second-order valence-electron chi connectivity index (χ2n) is 4.96. The van der Waals surface area contributed by atoms with Crippen molar-refractivity contribution in [2.45, 2.75) is 11.3 Å². The molecule has 1 aromatic carbocycles. The Bertz CT molecular complexity index is 732. The smallest absolute Gasteiger partial charge is 0.237 e. The van der Waals surface area contributed by atoms with E-state index in [9.17, 15) is 9.18 Å². The highest BCUT2D eigenvalue weighted by Gasteiger charge is 2.32. The van der Waals surface area contributed by atoms with Gasteiger partial charge in [0.05, 0.1) is 17.6 Å².